The molecule has 6 atom stereocenters. The minimum Gasteiger partial charge on any atom is -0.458 e. The minimum absolute atomic E-state index is 0.0845. The van der Waals surface area contributed by atoms with E-state index in [1.54, 1.807) is 0 Å². The van der Waals surface area contributed by atoms with Crippen molar-refractivity contribution >= 4 is 11.9 Å². The molecule has 84 valence electrons. The highest BCUT2D eigenvalue weighted by Gasteiger charge is 2.85. The summed E-state index contributed by atoms with van der Waals surface area (Å²) < 4.78 is 10.6. The first-order chi connectivity index (χ1) is 7.68. The fourth-order valence-corrected chi connectivity index (χ4v) is 4.30. The zero-order chi connectivity index (χ0) is 11.1. The molecule has 4 fully saturated rings. The van der Waals surface area contributed by atoms with Gasteiger partial charge in [-0.15, -0.1) is 0 Å². The molecule has 0 amide bonds. The summed E-state index contributed by atoms with van der Waals surface area (Å²) in [4.78, 5) is 22.8. The molecule has 3 aliphatic carbocycles. The maximum atomic E-state index is 11.6. The van der Waals surface area contributed by atoms with Crippen molar-refractivity contribution in [1.82, 2.24) is 0 Å². The molecule has 0 N–H and O–H groups in total. The van der Waals surface area contributed by atoms with Gasteiger partial charge in [-0.05, 0) is 18.8 Å². The van der Waals surface area contributed by atoms with Crippen LogP contribution in [0.5, 0.6) is 0 Å². The summed E-state index contributed by atoms with van der Waals surface area (Å²) in [5.41, 5.74) is 0.0974. The highest BCUT2D eigenvalue weighted by Crippen LogP contribution is 2.80. The first-order valence-corrected chi connectivity index (χ1v) is 5.72. The molecule has 1 aliphatic heterocycles. The molecule has 0 aromatic carbocycles. The fraction of sp³-hybridized carbons (Fsp3) is 0.667. The van der Waals surface area contributed by atoms with E-state index in [4.69, 9.17) is 9.47 Å². The largest absolute Gasteiger partial charge is 0.458 e. The van der Waals surface area contributed by atoms with Gasteiger partial charge in [0, 0.05) is 17.4 Å². The van der Waals surface area contributed by atoms with Crippen LogP contribution in [-0.4, -0.2) is 24.1 Å². The highest BCUT2D eigenvalue weighted by atomic mass is 16.6. The van der Waals surface area contributed by atoms with Crippen LogP contribution in [0.3, 0.4) is 0 Å². The number of rotatable bonds is 2. The Bertz CT molecular complexity index is 429. The van der Waals surface area contributed by atoms with E-state index in [9.17, 15) is 9.59 Å². The number of esters is 2. The van der Waals surface area contributed by atoms with Gasteiger partial charge in [0.15, 0.2) is 0 Å². The molecule has 4 aliphatic rings. The number of hydrogen-bond donors (Lipinski definition) is 0. The molecular weight excluding hydrogens is 208 g/mol. The summed E-state index contributed by atoms with van der Waals surface area (Å²) in [6, 6.07) is 0. The van der Waals surface area contributed by atoms with Gasteiger partial charge in [-0.1, -0.05) is 6.58 Å². The van der Waals surface area contributed by atoms with E-state index < -0.39 is 5.97 Å². The van der Waals surface area contributed by atoms with Gasteiger partial charge in [-0.3, -0.25) is 4.79 Å². The maximum Gasteiger partial charge on any atom is 0.330 e. The second kappa shape index (κ2) is 2.34. The zero-order valence-electron chi connectivity index (χ0n) is 8.72. The van der Waals surface area contributed by atoms with E-state index in [0.717, 1.165) is 12.8 Å². The van der Waals surface area contributed by atoms with Gasteiger partial charge in [0.2, 0.25) is 0 Å². The average molecular weight is 220 g/mol. The summed E-state index contributed by atoms with van der Waals surface area (Å²) in [7, 11) is 0. The number of carbonyl (C=O) groups excluding carboxylic acids is 2. The fourth-order valence-electron chi connectivity index (χ4n) is 4.30. The quantitative estimate of drug-likeness (QED) is 0.507. The van der Waals surface area contributed by atoms with E-state index >= 15 is 0 Å². The summed E-state index contributed by atoms with van der Waals surface area (Å²) >= 11 is 0. The Morgan fingerprint density at radius 1 is 1.62 bits per heavy atom. The second-order valence-corrected chi connectivity index (χ2v) is 5.34. The van der Waals surface area contributed by atoms with Crippen molar-refractivity contribution in [3.63, 3.8) is 0 Å². The summed E-state index contributed by atoms with van der Waals surface area (Å²) in [6.45, 7) is 3.39. The molecule has 3 saturated carbocycles. The predicted molar refractivity (Wildman–Crippen MR) is 52.1 cm³/mol. The van der Waals surface area contributed by atoms with Crippen LogP contribution in [0, 0.1) is 23.2 Å². The van der Waals surface area contributed by atoms with E-state index in [1.807, 2.05) is 0 Å². The smallest absolute Gasteiger partial charge is 0.330 e. The van der Waals surface area contributed by atoms with Gasteiger partial charge in [0.25, 0.3) is 0 Å². The Hall–Kier alpha value is -1.32. The van der Waals surface area contributed by atoms with Gasteiger partial charge in [0.1, 0.15) is 12.2 Å². The minimum atomic E-state index is -0.408. The predicted octanol–water partition coefficient (Wildman–Crippen LogP) is 0.666. The van der Waals surface area contributed by atoms with E-state index in [0.29, 0.717) is 11.8 Å². The van der Waals surface area contributed by atoms with Crippen molar-refractivity contribution < 1.29 is 19.1 Å². The van der Waals surface area contributed by atoms with Crippen molar-refractivity contribution in [2.75, 3.05) is 0 Å². The van der Waals surface area contributed by atoms with Crippen LogP contribution < -0.4 is 0 Å². The Balaban J connectivity index is 1.65. The molecular formula is C12H12O4. The number of hydrogen-bond acceptors (Lipinski definition) is 4. The SMILES string of the molecule is C=CC(=O)OC1C2OC(=O)C3CC4CC41C32. The maximum absolute atomic E-state index is 11.6. The van der Waals surface area contributed by atoms with Crippen LogP contribution in [0.1, 0.15) is 12.8 Å². The van der Waals surface area contributed by atoms with E-state index in [-0.39, 0.29) is 29.5 Å². The third-order valence-electron chi connectivity index (χ3n) is 4.94. The van der Waals surface area contributed by atoms with Crippen molar-refractivity contribution in [1.29, 1.82) is 0 Å². The van der Waals surface area contributed by atoms with E-state index in [1.165, 1.54) is 6.08 Å². The number of carbonyl (C=O) groups is 2. The lowest BCUT2D eigenvalue weighted by Crippen LogP contribution is -2.57. The zero-order valence-corrected chi connectivity index (χ0v) is 8.72. The third-order valence-corrected chi connectivity index (χ3v) is 4.94. The van der Waals surface area contributed by atoms with Gasteiger partial charge >= 0.3 is 11.9 Å². The van der Waals surface area contributed by atoms with Gasteiger partial charge < -0.3 is 9.47 Å². The molecule has 16 heavy (non-hydrogen) atoms. The van der Waals surface area contributed by atoms with Crippen molar-refractivity contribution in [3.05, 3.63) is 12.7 Å². The lowest BCUT2D eigenvalue weighted by molar-refractivity contribution is -0.193. The van der Waals surface area contributed by atoms with Crippen molar-refractivity contribution in [2.24, 2.45) is 23.2 Å². The van der Waals surface area contributed by atoms with Crippen LogP contribution in [0.2, 0.25) is 0 Å². The van der Waals surface area contributed by atoms with Crippen LogP contribution in [0.4, 0.5) is 0 Å². The van der Waals surface area contributed by atoms with Crippen molar-refractivity contribution in [3.8, 4) is 0 Å². The summed E-state index contributed by atoms with van der Waals surface area (Å²) in [5.74, 6) is 0.498. The lowest BCUT2D eigenvalue weighted by atomic mass is 9.64. The van der Waals surface area contributed by atoms with E-state index in [2.05, 4.69) is 6.58 Å². The van der Waals surface area contributed by atoms with Crippen LogP contribution in [0.25, 0.3) is 0 Å². The Morgan fingerprint density at radius 2 is 2.44 bits per heavy atom. The molecule has 1 heterocycles. The highest BCUT2D eigenvalue weighted by molar-refractivity contribution is 5.82. The standard InChI is InChI=1S/C12H12O4/c1-2-7(13)15-10-9-8-6(11(14)16-9)3-5-4-12(5,8)10/h2,5-6,8-10H,1,3-4H2. The average Bonchev–Trinajstić information content (AvgIpc) is 2.82. The summed E-state index contributed by atoms with van der Waals surface area (Å²) in [6.07, 6.45) is 2.82. The molecule has 4 rings (SSSR count). The van der Waals surface area contributed by atoms with Crippen molar-refractivity contribution in [2.45, 2.75) is 25.0 Å². The van der Waals surface area contributed by atoms with Crippen LogP contribution >= 0.6 is 0 Å². The molecule has 0 bridgehead atoms. The molecule has 4 heteroatoms. The molecule has 0 aromatic rings. The molecule has 1 saturated heterocycles. The van der Waals surface area contributed by atoms with Gasteiger partial charge in [0.05, 0.1) is 5.92 Å². The molecule has 0 radical (unpaired) electrons. The topological polar surface area (TPSA) is 52.6 Å². The van der Waals surface area contributed by atoms with Crippen LogP contribution in [0.15, 0.2) is 12.7 Å². The first-order valence-electron chi connectivity index (χ1n) is 5.72. The first kappa shape index (κ1) is 8.79. The molecule has 0 aromatic heterocycles. The van der Waals surface area contributed by atoms with Gasteiger partial charge in [-0.2, -0.15) is 0 Å². The van der Waals surface area contributed by atoms with Gasteiger partial charge in [-0.25, -0.2) is 4.79 Å². The second-order valence-electron chi connectivity index (χ2n) is 5.34. The Labute approximate surface area is 92.6 Å². The number of ether oxygens (including phenoxy) is 2. The normalized spacial score (nSPS) is 54.5. The molecule has 4 nitrogen and oxygen atoms in total. The van der Waals surface area contributed by atoms with Crippen LogP contribution in [-0.2, 0) is 19.1 Å². The molecule has 6 unspecified atom stereocenters. The Morgan fingerprint density at radius 3 is 3.19 bits per heavy atom. The Kier molecular flexibility index (Phi) is 1.28. The monoisotopic (exact) mass is 220 g/mol. The third kappa shape index (κ3) is 0.701. The lowest BCUT2D eigenvalue weighted by Gasteiger charge is -2.45. The molecule has 1 spiro atoms. The summed E-state index contributed by atoms with van der Waals surface area (Å²) in [5, 5.41) is 0.